The van der Waals surface area contributed by atoms with Crippen LogP contribution in [0.3, 0.4) is 0 Å². The predicted molar refractivity (Wildman–Crippen MR) is 71.6 cm³/mol. The number of benzene rings is 1. The van der Waals surface area contributed by atoms with E-state index < -0.39 is 0 Å². The minimum absolute atomic E-state index is 0.0202. The van der Waals surface area contributed by atoms with Crippen LogP contribution >= 0.6 is 0 Å². The summed E-state index contributed by atoms with van der Waals surface area (Å²) in [6.45, 7) is 4.10. The van der Waals surface area contributed by atoms with Crippen LogP contribution in [-0.4, -0.2) is 16.7 Å². The van der Waals surface area contributed by atoms with Crippen LogP contribution in [0.1, 0.15) is 37.2 Å². The molecule has 2 unspecified atom stereocenters. The first-order valence-corrected chi connectivity index (χ1v) is 6.04. The van der Waals surface area contributed by atoms with Crippen molar-refractivity contribution in [1.82, 2.24) is 9.55 Å². The fourth-order valence-electron chi connectivity index (χ4n) is 2.03. The van der Waals surface area contributed by atoms with Gasteiger partial charge in [-0.3, -0.25) is 0 Å². The van der Waals surface area contributed by atoms with Crippen LogP contribution in [0.25, 0.3) is 0 Å². The number of nitrogens with two attached hydrogens (primary N) is 1. The molecule has 18 heavy (non-hydrogen) atoms. The van der Waals surface area contributed by atoms with E-state index in [0.29, 0.717) is 0 Å². The van der Waals surface area contributed by atoms with Crippen LogP contribution in [0.5, 0.6) is 5.75 Å². The highest BCUT2D eigenvalue weighted by Crippen LogP contribution is 2.23. The quantitative estimate of drug-likeness (QED) is 0.900. The first-order valence-electron chi connectivity index (χ1n) is 6.04. The Labute approximate surface area is 107 Å². The molecule has 1 heterocycles. The lowest BCUT2D eigenvalue weighted by Gasteiger charge is -2.19. The van der Waals surface area contributed by atoms with Gasteiger partial charge in [0.15, 0.2) is 0 Å². The van der Waals surface area contributed by atoms with Crippen molar-refractivity contribution >= 4 is 0 Å². The Balaban J connectivity index is 2.29. The minimum Gasteiger partial charge on any atom is -0.497 e. The van der Waals surface area contributed by atoms with Gasteiger partial charge in [-0.25, -0.2) is 4.98 Å². The number of hydrogen-bond donors (Lipinski definition) is 1. The molecule has 0 spiro atoms. The average molecular weight is 245 g/mol. The number of hydrogen-bond acceptors (Lipinski definition) is 3. The smallest absolute Gasteiger partial charge is 0.118 e. The van der Waals surface area contributed by atoms with Gasteiger partial charge in [-0.2, -0.15) is 0 Å². The van der Waals surface area contributed by atoms with E-state index in [9.17, 15) is 0 Å². The van der Waals surface area contributed by atoms with Crippen LogP contribution in [0.15, 0.2) is 36.8 Å². The number of rotatable bonds is 4. The molecule has 0 aliphatic rings. The second-order valence-corrected chi connectivity index (χ2v) is 4.46. The topological polar surface area (TPSA) is 53.1 Å². The summed E-state index contributed by atoms with van der Waals surface area (Å²) in [6, 6.07) is 8.25. The largest absolute Gasteiger partial charge is 0.497 e. The molecule has 0 saturated heterocycles. The third-order valence-corrected chi connectivity index (χ3v) is 3.18. The highest BCUT2D eigenvalue weighted by atomic mass is 16.5. The highest BCUT2D eigenvalue weighted by Gasteiger charge is 2.13. The maximum atomic E-state index is 5.94. The summed E-state index contributed by atoms with van der Waals surface area (Å²) in [5.74, 6) is 0.865. The predicted octanol–water partition coefficient (Wildman–Crippen LogP) is 2.52. The van der Waals surface area contributed by atoms with Crippen molar-refractivity contribution < 1.29 is 4.74 Å². The Morgan fingerprint density at radius 2 is 1.89 bits per heavy atom. The van der Waals surface area contributed by atoms with E-state index in [1.54, 1.807) is 7.11 Å². The molecule has 0 aliphatic heterocycles. The first kappa shape index (κ1) is 12.6. The minimum atomic E-state index is -0.0202. The lowest BCUT2D eigenvalue weighted by atomic mass is 10.1. The Morgan fingerprint density at radius 3 is 2.44 bits per heavy atom. The Morgan fingerprint density at radius 1 is 1.22 bits per heavy atom. The SMILES string of the molecule is COc1ccc(C(C)n2cncc2C(C)N)cc1. The zero-order chi connectivity index (χ0) is 13.1. The molecule has 1 aromatic heterocycles. The summed E-state index contributed by atoms with van der Waals surface area (Å²) in [7, 11) is 1.67. The van der Waals surface area contributed by atoms with Gasteiger partial charge < -0.3 is 15.0 Å². The van der Waals surface area contributed by atoms with Crippen molar-refractivity contribution in [2.75, 3.05) is 7.11 Å². The van der Waals surface area contributed by atoms with E-state index in [1.807, 2.05) is 31.6 Å². The normalized spacial score (nSPS) is 14.2. The fourth-order valence-corrected chi connectivity index (χ4v) is 2.03. The third-order valence-electron chi connectivity index (χ3n) is 3.18. The number of aromatic nitrogens is 2. The van der Waals surface area contributed by atoms with Crippen molar-refractivity contribution in [2.45, 2.75) is 25.9 Å². The van der Waals surface area contributed by atoms with Crippen molar-refractivity contribution in [2.24, 2.45) is 5.73 Å². The van der Waals surface area contributed by atoms with Gasteiger partial charge >= 0.3 is 0 Å². The van der Waals surface area contributed by atoms with Crippen LogP contribution in [0.4, 0.5) is 0 Å². The molecule has 2 atom stereocenters. The second-order valence-electron chi connectivity index (χ2n) is 4.46. The van der Waals surface area contributed by atoms with E-state index in [2.05, 4.69) is 28.6 Å². The Bertz CT molecular complexity index is 502. The molecule has 2 aromatic rings. The molecule has 96 valence electrons. The molecule has 0 aliphatic carbocycles. The highest BCUT2D eigenvalue weighted by molar-refractivity contribution is 5.29. The van der Waals surface area contributed by atoms with Crippen LogP contribution in [0.2, 0.25) is 0 Å². The standard InChI is InChI=1S/C14H19N3O/c1-10(15)14-8-16-9-17(14)11(2)12-4-6-13(18-3)7-5-12/h4-11H,15H2,1-3H3. The van der Waals surface area contributed by atoms with Gasteiger partial charge in [-0.1, -0.05) is 12.1 Å². The molecule has 0 bridgehead atoms. The van der Waals surface area contributed by atoms with Crippen LogP contribution in [0, 0.1) is 0 Å². The average Bonchev–Trinajstić information content (AvgIpc) is 2.87. The Kier molecular flexibility index (Phi) is 3.67. The van der Waals surface area contributed by atoms with Crippen molar-refractivity contribution in [3.8, 4) is 5.75 Å². The zero-order valence-electron chi connectivity index (χ0n) is 11.0. The number of nitrogens with zero attached hydrogens (tertiary/aromatic N) is 2. The van der Waals surface area contributed by atoms with Gasteiger partial charge in [0.25, 0.3) is 0 Å². The second kappa shape index (κ2) is 5.23. The monoisotopic (exact) mass is 245 g/mol. The molecule has 4 nitrogen and oxygen atoms in total. The summed E-state index contributed by atoms with van der Waals surface area (Å²) >= 11 is 0. The van der Waals surface area contributed by atoms with Gasteiger partial charge in [-0.15, -0.1) is 0 Å². The summed E-state index contributed by atoms with van der Waals surface area (Å²) in [5, 5.41) is 0. The molecule has 1 aromatic carbocycles. The fraction of sp³-hybridized carbons (Fsp3) is 0.357. The summed E-state index contributed by atoms with van der Waals surface area (Å²) in [5.41, 5.74) is 8.18. The Hall–Kier alpha value is -1.81. The van der Waals surface area contributed by atoms with Crippen LogP contribution < -0.4 is 10.5 Å². The summed E-state index contributed by atoms with van der Waals surface area (Å²) < 4.78 is 7.27. The molecule has 0 saturated carbocycles. The van der Waals surface area contributed by atoms with Crippen LogP contribution in [-0.2, 0) is 0 Å². The third kappa shape index (κ3) is 2.38. The molecular formula is C14H19N3O. The van der Waals surface area contributed by atoms with Crippen molar-refractivity contribution in [3.63, 3.8) is 0 Å². The maximum Gasteiger partial charge on any atom is 0.118 e. The van der Waals surface area contributed by atoms with Gasteiger partial charge in [0.2, 0.25) is 0 Å². The zero-order valence-corrected chi connectivity index (χ0v) is 11.0. The van der Waals surface area contributed by atoms with Crippen molar-refractivity contribution in [1.29, 1.82) is 0 Å². The van der Waals surface area contributed by atoms with Gasteiger partial charge in [0.1, 0.15) is 5.75 Å². The van der Waals surface area contributed by atoms with E-state index in [4.69, 9.17) is 10.5 Å². The van der Waals surface area contributed by atoms with Gasteiger partial charge in [0, 0.05) is 12.2 Å². The lowest BCUT2D eigenvalue weighted by Crippen LogP contribution is -2.15. The van der Waals surface area contributed by atoms with Crippen molar-refractivity contribution in [3.05, 3.63) is 48.0 Å². The summed E-state index contributed by atoms with van der Waals surface area (Å²) in [6.07, 6.45) is 3.65. The van der Waals surface area contributed by atoms with E-state index in [0.717, 1.165) is 11.4 Å². The molecule has 0 amide bonds. The maximum absolute atomic E-state index is 5.94. The lowest BCUT2D eigenvalue weighted by molar-refractivity contribution is 0.414. The molecule has 0 fully saturated rings. The van der Waals surface area contributed by atoms with Gasteiger partial charge in [0.05, 0.1) is 25.2 Å². The van der Waals surface area contributed by atoms with E-state index >= 15 is 0 Å². The molecule has 4 heteroatoms. The molecule has 0 radical (unpaired) electrons. The first-order chi connectivity index (χ1) is 8.63. The number of imidazole rings is 1. The van der Waals surface area contributed by atoms with E-state index in [-0.39, 0.29) is 12.1 Å². The molecule has 2 N–H and O–H groups in total. The number of ether oxygens (including phenoxy) is 1. The summed E-state index contributed by atoms with van der Waals surface area (Å²) in [4.78, 5) is 4.18. The number of methoxy groups -OCH3 is 1. The molecular weight excluding hydrogens is 226 g/mol. The van der Waals surface area contributed by atoms with Gasteiger partial charge in [-0.05, 0) is 31.5 Å². The van der Waals surface area contributed by atoms with E-state index in [1.165, 1.54) is 5.56 Å². The molecule has 2 rings (SSSR count).